The highest BCUT2D eigenvalue weighted by Gasteiger charge is 2.29. The Labute approximate surface area is 118 Å². The summed E-state index contributed by atoms with van der Waals surface area (Å²) in [4.78, 5) is 12.0. The summed E-state index contributed by atoms with van der Waals surface area (Å²) in [6, 6.07) is 5.26. The lowest BCUT2D eigenvalue weighted by molar-refractivity contribution is 0.0941. The molecule has 0 radical (unpaired) electrons. The van der Waals surface area contributed by atoms with Gasteiger partial charge >= 0.3 is 0 Å². The molecule has 1 heterocycles. The maximum atomic E-state index is 12.0. The van der Waals surface area contributed by atoms with Gasteiger partial charge in [0.1, 0.15) is 0 Å². The Morgan fingerprint density at radius 2 is 2.05 bits per heavy atom. The summed E-state index contributed by atoms with van der Waals surface area (Å²) in [5, 5.41) is 2.62. The summed E-state index contributed by atoms with van der Waals surface area (Å²) >= 11 is 0. The minimum absolute atomic E-state index is 0.0594. The molecule has 1 fully saturated rings. The number of amides is 1. The van der Waals surface area contributed by atoms with Gasteiger partial charge in [-0.1, -0.05) is 6.07 Å². The molecule has 0 bridgehead atoms. The van der Waals surface area contributed by atoms with Crippen LogP contribution in [-0.2, 0) is 19.7 Å². The molecule has 20 heavy (non-hydrogen) atoms. The van der Waals surface area contributed by atoms with E-state index in [0.29, 0.717) is 6.42 Å². The van der Waals surface area contributed by atoms with Crippen molar-refractivity contribution in [2.75, 3.05) is 17.8 Å². The van der Waals surface area contributed by atoms with Gasteiger partial charge < -0.3 is 5.32 Å². The second-order valence-electron chi connectivity index (χ2n) is 4.87. The van der Waals surface area contributed by atoms with Crippen LogP contribution in [0.1, 0.15) is 16.8 Å². The number of carbonyl (C=O) groups excluding carboxylic acids is 1. The smallest absolute Gasteiger partial charge is 0.251 e. The van der Waals surface area contributed by atoms with Gasteiger partial charge in [-0.15, -0.1) is 0 Å². The van der Waals surface area contributed by atoms with Gasteiger partial charge in [0.05, 0.1) is 16.4 Å². The van der Waals surface area contributed by atoms with Crippen molar-refractivity contribution < 1.29 is 21.6 Å². The van der Waals surface area contributed by atoms with Gasteiger partial charge in [-0.25, -0.2) is 16.8 Å². The van der Waals surface area contributed by atoms with Crippen LogP contribution in [0.3, 0.4) is 0 Å². The minimum atomic E-state index is -3.38. The van der Waals surface area contributed by atoms with Crippen molar-refractivity contribution in [1.82, 2.24) is 5.32 Å². The van der Waals surface area contributed by atoms with Crippen LogP contribution in [0.4, 0.5) is 0 Å². The van der Waals surface area contributed by atoms with Crippen molar-refractivity contribution in [3.63, 3.8) is 0 Å². The molecule has 110 valence electrons. The van der Waals surface area contributed by atoms with Crippen LogP contribution in [-0.4, -0.2) is 46.5 Å². The van der Waals surface area contributed by atoms with Crippen LogP contribution < -0.4 is 5.32 Å². The van der Waals surface area contributed by atoms with Crippen LogP contribution in [0, 0.1) is 0 Å². The first-order valence-electron chi connectivity index (χ1n) is 5.99. The quantitative estimate of drug-likeness (QED) is 0.847. The highest BCUT2D eigenvalue weighted by atomic mass is 32.2. The third kappa shape index (κ3) is 3.57. The van der Waals surface area contributed by atoms with Gasteiger partial charge in [0.15, 0.2) is 19.7 Å². The average molecular weight is 317 g/mol. The molecule has 2 rings (SSSR count). The lowest BCUT2D eigenvalue weighted by Gasteiger charge is -2.11. The van der Waals surface area contributed by atoms with Crippen LogP contribution >= 0.6 is 0 Å². The fourth-order valence-electron chi connectivity index (χ4n) is 2.05. The molecule has 1 aliphatic heterocycles. The van der Waals surface area contributed by atoms with Crippen molar-refractivity contribution in [3.05, 3.63) is 29.8 Å². The van der Waals surface area contributed by atoms with E-state index in [1.807, 2.05) is 0 Å². The zero-order chi connectivity index (χ0) is 15.0. The van der Waals surface area contributed by atoms with Gasteiger partial charge in [0.25, 0.3) is 5.91 Å². The van der Waals surface area contributed by atoms with Gasteiger partial charge in [0.2, 0.25) is 0 Å². The van der Waals surface area contributed by atoms with E-state index in [-0.39, 0.29) is 22.0 Å². The van der Waals surface area contributed by atoms with E-state index >= 15 is 0 Å². The third-order valence-corrected chi connectivity index (χ3v) is 5.97. The second-order valence-corrected chi connectivity index (χ2v) is 9.12. The summed E-state index contributed by atoms with van der Waals surface area (Å²) in [7, 11) is -6.45. The van der Waals surface area contributed by atoms with Crippen LogP contribution in [0.2, 0.25) is 0 Å². The molecular formula is C12H15NO5S2. The molecule has 1 N–H and O–H groups in total. The molecule has 1 saturated heterocycles. The Kier molecular flexibility index (Phi) is 3.88. The number of carbonyl (C=O) groups is 1. The first kappa shape index (κ1) is 15.0. The highest BCUT2D eigenvalue weighted by molar-refractivity contribution is 7.91. The Hall–Kier alpha value is -1.41. The topological polar surface area (TPSA) is 97.4 Å². The molecule has 1 aliphatic rings. The number of benzene rings is 1. The average Bonchev–Trinajstić information content (AvgIpc) is 2.68. The van der Waals surface area contributed by atoms with Crippen LogP contribution in [0.5, 0.6) is 0 Å². The monoisotopic (exact) mass is 317 g/mol. The molecule has 1 aromatic rings. The maximum Gasteiger partial charge on any atom is 0.251 e. The summed E-state index contributed by atoms with van der Waals surface area (Å²) in [5.74, 6) is -0.455. The van der Waals surface area contributed by atoms with Crippen molar-refractivity contribution in [2.45, 2.75) is 17.4 Å². The molecular weight excluding hydrogens is 302 g/mol. The zero-order valence-corrected chi connectivity index (χ0v) is 12.5. The number of hydrogen-bond acceptors (Lipinski definition) is 5. The van der Waals surface area contributed by atoms with Crippen molar-refractivity contribution in [2.24, 2.45) is 0 Å². The molecule has 6 nitrogen and oxygen atoms in total. The molecule has 1 unspecified atom stereocenters. The fourth-order valence-corrected chi connectivity index (χ4v) is 4.39. The van der Waals surface area contributed by atoms with Crippen molar-refractivity contribution in [3.8, 4) is 0 Å². The van der Waals surface area contributed by atoms with Gasteiger partial charge in [0, 0.05) is 17.9 Å². The van der Waals surface area contributed by atoms with Gasteiger partial charge in [-0.2, -0.15) is 0 Å². The Balaban J connectivity index is 2.15. The lowest BCUT2D eigenvalue weighted by Crippen LogP contribution is -2.35. The summed E-state index contributed by atoms with van der Waals surface area (Å²) in [6.07, 6.45) is 1.45. The third-order valence-electron chi connectivity index (χ3n) is 3.09. The summed E-state index contributed by atoms with van der Waals surface area (Å²) in [5.41, 5.74) is 0.206. The predicted octanol–water partition coefficient (Wildman–Crippen LogP) is 0.00700. The van der Waals surface area contributed by atoms with E-state index in [1.54, 1.807) is 0 Å². The molecule has 1 aromatic carbocycles. The molecule has 0 spiro atoms. The van der Waals surface area contributed by atoms with Crippen LogP contribution in [0.25, 0.3) is 0 Å². The zero-order valence-electron chi connectivity index (χ0n) is 10.9. The number of rotatable bonds is 3. The Morgan fingerprint density at radius 3 is 2.60 bits per heavy atom. The van der Waals surface area contributed by atoms with E-state index in [2.05, 4.69) is 5.32 Å². The van der Waals surface area contributed by atoms with E-state index in [1.165, 1.54) is 24.3 Å². The van der Waals surface area contributed by atoms with Crippen LogP contribution in [0.15, 0.2) is 29.2 Å². The maximum absolute atomic E-state index is 12.0. The molecule has 8 heteroatoms. The molecule has 0 saturated carbocycles. The SMILES string of the molecule is CS(=O)(=O)c1cccc(C(=O)NC2CCS(=O)(=O)C2)c1. The fraction of sp³-hybridized carbons (Fsp3) is 0.417. The van der Waals surface area contributed by atoms with E-state index < -0.39 is 31.6 Å². The second kappa shape index (κ2) is 5.17. The largest absolute Gasteiger partial charge is 0.348 e. The summed E-state index contributed by atoms with van der Waals surface area (Å²) in [6.45, 7) is 0. The predicted molar refractivity (Wildman–Crippen MR) is 74.1 cm³/mol. The van der Waals surface area contributed by atoms with Gasteiger partial charge in [-0.05, 0) is 24.6 Å². The van der Waals surface area contributed by atoms with E-state index in [4.69, 9.17) is 0 Å². The van der Waals surface area contributed by atoms with Crippen molar-refractivity contribution in [1.29, 1.82) is 0 Å². The standard InChI is InChI=1S/C12H15NO5S2/c1-19(15,16)11-4-2-3-9(7-11)12(14)13-10-5-6-20(17,18)8-10/h2-4,7,10H,5-6,8H2,1H3,(H,13,14). The number of hydrogen-bond donors (Lipinski definition) is 1. The Bertz CT molecular complexity index is 737. The van der Waals surface area contributed by atoms with Crippen molar-refractivity contribution >= 4 is 25.6 Å². The molecule has 0 aliphatic carbocycles. The molecule has 1 atom stereocenters. The van der Waals surface area contributed by atoms with E-state index in [9.17, 15) is 21.6 Å². The molecule has 1 amide bonds. The summed E-state index contributed by atoms with van der Waals surface area (Å²) < 4.78 is 45.5. The highest BCUT2D eigenvalue weighted by Crippen LogP contribution is 2.14. The Morgan fingerprint density at radius 1 is 1.35 bits per heavy atom. The number of sulfone groups is 2. The number of nitrogens with one attached hydrogen (secondary N) is 1. The normalized spacial score (nSPS) is 21.6. The van der Waals surface area contributed by atoms with Gasteiger partial charge in [-0.3, -0.25) is 4.79 Å². The first-order valence-corrected chi connectivity index (χ1v) is 9.70. The molecule has 0 aromatic heterocycles. The minimum Gasteiger partial charge on any atom is -0.348 e. The van der Waals surface area contributed by atoms with E-state index in [0.717, 1.165) is 6.26 Å². The lowest BCUT2D eigenvalue weighted by atomic mass is 10.2. The first-order chi connectivity index (χ1) is 9.17.